The first-order valence-corrected chi connectivity index (χ1v) is 4.35. The lowest BCUT2D eigenvalue weighted by Crippen LogP contribution is -2.22. The molecule has 0 bridgehead atoms. The lowest BCUT2D eigenvalue weighted by atomic mass is 9.73. The van der Waals surface area contributed by atoms with E-state index in [2.05, 4.69) is 26.8 Å². The number of hydrogen-bond donors (Lipinski definition) is 1. The molecule has 1 nitrogen and oxygen atoms in total. The lowest BCUT2D eigenvalue weighted by molar-refractivity contribution is 0.247. The standard InChI is InChI=1S/C10H18O/c1-8-6-10(2,3)5-4-9(8)7-11/h4,8,11H,5-7H2,1-3H3/t8-/m1/s1. The molecule has 1 atom stereocenters. The molecule has 0 aromatic carbocycles. The van der Waals surface area contributed by atoms with Gasteiger partial charge in [0, 0.05) is 0 Å². The summed E-state index contributed by atoms with van der Waals surface area (Å²) in [5, 5.41) is 8.96. The van der Waals surface area contributed by atoms with Gasteiger partial charge in [0.15, 0.2) is 0 Å². The summed E-state index contributed by atoms with van der Waals surface area (Å²) < 4.78 is 0. The highest BCUT2D eigenvalue weighted by Crippen LogP contribution is 2.37. The summed E-state index contributed by atoms with van der Waals surface area (Å²) in [4.78, 5) is 0. The first-order chi connectivity index (χ1) is 5.05. The van der Waals surface area contributed by atoms with Gasteiger partial charge in [0.2, 0.25) is 0 Å². The summed E-state index contributed by atoms with van der Waals surface area (Å²) >= 11 is 0. The second kappa shape index (κ2) is 2.98. The van der Waals surface area contributed by atoms with Crippen LogP contribution in [0.1, 0.15) is 33.6 Å². The fraction of sp³-hybridized carbons (Fsp3) is 0.800. The normalized spacial score (nSPS) is 29.8. The molecule has 0 heterocycles. The van der Waals surface area contributed by atoms with Gasteiger partial charge < -0.3 is 5.11 Å². The highest BCUT2D eigenvalue weighted by Gasteiger charge is 2.25. The number of hydrogen-bond acceptors (Lipinski definition) is 1. The van der Waals surface area contributed by atoms with Gasteiger partial charge in [0.1, 0.15) is 0 Å². The zero-order valence-corrected chi connectivity index (χ0v) is 7.72. The number of allylic oxidation sites excluding steroid dienone is 1. The first kappa shape index (κ1) is 8.79. The third-order valence-electron chi connectivity index (χ3n) is 2.59. The van der Waals surface area contributed by atoms with Gasteiger partial charge in [-0.25, -0.2) is 0 Å². The van der Waals surface area contributed by atoms with Crippen molar-refractivity contribution in [3.63, 3.8) is 0 Å². The minimum Gasteiger partial charge on any atom is -0.392 e. The van der Waals surface area contributed by atoms with Crippen molar-refractivity contribution in [1.82, 2.24) is 0 Å². The maximum Gasteiger partial charge on any atom is 0.0644 e. The summed E-state index contributed by atoms with van der Waals surface area (Å²) in [5.74, 6) is 0.573. The van der Waals surface area contributed by atoms with Crippen LogP contribution in [0, 0.1) is 11.3 Å². The maximum absolute atomic E-state index is 8.96. The Hall–Kier alpha value is -0.300. The monoisotopic (exact) mass is 154 g/mol. The Balaban J connectivity index is 2.68. The average molecular weight is 154 g/mol. The molecule has 11 heavy (non-hydrogen) atoms. The molecule has 0 saturated heterocycles. The van der Waals surface area contributed by atoms with E-state index in [1.807, 2.05) is 0 Å². The second-order valence-corrected chi connectivity index (χ2v) is 4.41. The van der Waals surface area contributed by atoms with Gasteiger partial charge in [-0.05, 0) is 29.7 Å². The van der Waals surface area contributed by atoms with Gasteiger partial charge in [0.25, 0.3) is 0 Å². The molecule has 1 aliphatic rings. The predicted molar refractivity (Wildman–Crippen MR) is 47.3 cm³/mol. The van der Waals surface area contributed by atoms with Crippen LogP contribution in [-0.2, 0) is 0 Å². The van der Waals surface area contributed by atoms with E-state index in [1.165, 1.54) is 12.0 Å². The molecule has 0 aliphatic heterocycles. The van der Waals surface area contributed by atoms with Gasteiger partial charge in [-0.2, -0.15) is 0 Å². The van der Waals surface area contributed by atoms with Crippen molar-refractivity contribution in [3.05, 3.63) is 11.6 Å². The fourth-order valence-corrected chi connectivity index (χ4v) is 1.87. The smallest absolute Gasteiger partial charge is 0.0644 e. The van der Waals surface area contributed by atoms with Crippen LogP contribution in [0.4, 0.5) is 0 Å². The van der Waals surface area contributed by atoms with Gasteiger partial charge in [-0.15, -0.1) is 0 Å². The van der Waals surface area contributed by atoms with Gasteiger partial charge in [-0.3, -0.25) is 0 Å². The number of aliphatic hydroxyl groups excluding tert-OH is 1. The largest absolute Gasteiger partial charge is 0.392 e. The van der Waals surface area contributed by atoms with Gasteiger partial charge in [-0.1, -0.05) is 26.8 Å². The highest BCUT2D eigenvalue weighted by atomic mass is 16.3. The van der Waals surface area contributed by atoms with E-state index in [0.717, 1.165) is 6.42 Å². The SMILES string of the molecule is C[C@@H]1CC(C)(C)CC=C1CO. The van der Waals surface area contributed by atoms with Crippen LogP contribution in [0.25, 0.3) is 0 Å². The van der Waals surface area contributed by atoms with Gasteiger partial charge >= 0.3 is 0 Å². The summed E-state index contributed by atoms with van der Waals surface area (Å²) in [7, 11) is 0. The molecule has 0 amide bonds. The average Bonchev–Trinajstić information content (AvgIpc) is 1.86. The molecule has 0 spiro atoms. The van der Waals surface area contributed by atoms with Crippen molar-refractivity contribution >= 4 is 0 Å². The molecule has 1 N–H and O–H groups in total. The molecule has 0 radical (unpaired) electrons. The molecular weight excluding hydrogens is 136 g/mol. The van der Waals surface area contributed by atoms with Crippen LogP contribution < -0.4 is 0 Å². The van der Waals surface area contributed by atoms with E-state index in [1.54, 1.807) is 0 Å². The fourth-order valence-electron chi connectivity index (χ4n) is 1.87. The van der Waals surface area contributed by atoms with Crippen LogP contribution >= 0.6 is 0 Å². The second-order valence-electron chi connectivity index (χ2n) is 4.41. The van der Waals surface area contributed by atoms with E-state index in [9.17, 15) is 0 Å². The van der Waals surface area contributed by atoms with Crippen LogP contribution in [0.3, 0.4) is 0 Å². The molecule has 64 valence electrons. The minimum absolute atomic E-state index is 0.247. The van der Waals surface area contributed by atoms with Crippen molar-refractivity contribution < 1.29 is 5.11 Å². The van der Waals surface area contributed by atoms with Gasteiger partial charge in [0.05, 0.1) is 6.61 Å². The first-order valence-electron chi connectivity index (χ1n) is 4.35. The van der Waals surface area contributed by atoms with Crippen molar-refractivity contribution in [1.29, 1.82) is 0 Å². The minimum atomic E-state index is 0.247. The zero-order valence-electron chi connectivity index (χ0n) is 7.72. The van der Waals surface area contributed by atoms with E-state index >= 15 is 0 Å². The molecule has 0 saturated carbocycles. The Morgan fingerprint density at radius 2 is 2.27 bits per heavy atom. The molecule has 1 aliphatic carbocycles. The number of aliphatic hydroxyl groups is 1. The maximum atomic E-state index is 8.96. The Kier molecular flexibility index (Phi) is 2.38. The van der Waals surface area contributed by atoms with E-state index in [-0.39, 0.29) is 6.61 Å². The van der Waals surface area contributed by atoms with Crippen LogP contribution in [0.5, 0.6) is 0 Å². The van der Waals surface area contributed by atoms with E-state index < -0.39 is 0 Å². The molecule has 0 aromatic rings. The lowest BCUT2D eigenvalue weighted by Gasteiger charge is -2.32. The third-order valence-corrected chi connectivity index (χ3v) is 2.59. The molecular formula is C10H18O. The van der Waals surface area contributed by atoms with Crippen molar-refractivity contribution in [2.75, 3.05) is 6.61 Å². The van der Waals surface area contributed by atoms with Crippen LogP contribution in [0.15, 0.2) is 11.6 Å². The Bertz CT molecular complexity index is 168. The molecule has 0 unspecified atom stereocenters. The summed E-state index contributed by atoms with van der Waals surface area (Å²) in [6.07, 6.45) is 4.53. The summed E-state index contributed by atoms with van der Waals surface area (Å²) in [6.45, 7) is 7.02. The Morgan fingerprint density at radius 3 is 2.73 bits per heavy atom. The van der Waals surface area contributed by atoms with Crippen molar-refractivity contribution in [2.24, 2.45) is 11.3 Å². The highest BCUT2D eigenvalue weighted by molar-refractivity contribution is 5.12. The quantitative estimate of drug-likeness (QED) is 0.575. The Morgan fingerprint density at radius 1 is 1.64 bits per heavy atom. The van der Waals surface area contributed by atoms with Crippen LogP contribution in [0.2, 0.25) is 0 Å². The zero-order chi connectivity index (χ0) is 8.48. The third kappa shape index (κ3) is 2.06. The molecule has 0 aromatic heterocycles. The van der Waals surface area contributed by atoms with E-state index in [4.69, 9.17) is 5.11 Å². The summed E-state index contributed by atoms with van der Waals surface area (Å²) in [5.41, 5.74) is 1.67. The van der Waals surface area contributed by atoms with E-state index in [0.29, 0.717) is 11.3 Å². The molecule has 1 rings (SSSR count). The summed E-state index contributed by atoms with van der Waals surface area (Å²) in [6, 6.07) is 0. The predicted octanol–water partition coefficient (Wildman–Crippen LogP) is 2.36. The molecule has 1 heteroatoms. The topological polar surface area (TPSA) is 20.2 Å². The van der Waals surface area contributed by atoms with Crippen molar-refractivity contribution in [3.8, 4) is 0 Å². The Labute approximate surface area is 69.1 Å². The van der Waals surface area contributed by atoms with Crippen LogP contribution in [-0.4, -0.2) is 11.7 Å². The number of rotatable bonds is 1. The molecule has 0 fully saturated rings. The van der Waals surface area contributed by atoms with Crippen molar-refractivity contribution in [2.45, 2.75) is 33.6 Å².